The number of hydrogen-bond donors (Lipinski definition) is 0. The molecule has 4 nitrogen and oxygen atoms in total. The van der Waals surface area contributed by atoms with E-state index in [0.717, 1.165) is 23.4 Å². The molecule has 0 saturated carbocycles. The maximum Gasteiger partial charge on any atom is 0.243 e. The third kappa shape index (κ3) is 4.10. The van der Waals surface area contributed by atoms with Crippen LogP contribution in [0.15, 0.2) is 47.4 Å². The number of halogens is 2. The van der Waals surface area contributed by atoms with Crippen LogP contribution < -0.4 is 4.90 Å². The summed E-state index contributed by atoms with van der Waals surface area (Å²) >= 11 is 0. The van der Waals surface area contributed by atoms with E-state index >= 15 is 0 Å². The molecular formula is C17H20F2N2O2S. The Morgan fingerprint density at radius 1 is 0.958 bits per heavy atom. The van der Waals surface area contributed by atoms with Crippen molar-refractivity contribution in [3.63, 3.8) is 0 Å². The van der Waals surface area contributed by atoms with Crippen LogP contribution in [0, 0.1) is 11.6 Å². The highest BCUT2D eigenvalue weighted by atomic mass is 32.2. The Morgan fingerprint density at radius 2 is 1.50 bits per heavy atom. The quantitative estimate of drug-likeness (QED) is 0.800. The van der Waals surface area contributed by atoms with Crippen molar-refractivity contribution in [3.05, 3.63) is 59.7 Å². The molecule has 2 rings (SSSR count). The number of benzene rings is 2. The van der Waals surface area contributed by atoms with Gasteiger partial charge in [0.05, 0.1) is 4.90 Å². The molecule has 0 unspecified atom stereocenters. The molecule has 0 N–H and O–H groups in total. The Bertz CT molecular complexity index is 786. The van der Waals surface area contributed by atoms with Gasteiger partial charge in [-0.05, 0) is 29.8 Å². The lowest BCUT2D eigenvalue weighted by Crippen LogP contribution is -2.30. The maximum absolute atomic E-state index is 13.3. The number of rotatable bonds is 6. The largest absolute Gasteiger partial charge is 0.378 e. The molecule has 2 aromatic rings. The van der Waals surface area contributed by atoms with Gasteiger partial charge in [0.2, 0.25) is 10.0 Å². The van der Waals surface area contributed by atoms with Gasteiger partial charge in [0, 0.05) is 38.9 Å². The van der Waals surface area contributed by atoms with Crippen molar-refractivity contribution in [2.75, 3.05) is 25.5 Å². The van der Waals surface area contributed by atoms with Crippen LogP contribution >= 0.6 is 0 Å². The first kappa shape index (κ1) is 18.4. The summed E-state index contributed by atoms with van der Waals surface area (Å²) in [6.07, 6.45) is 0. The first-order valence-corrected chi connectivity index (χ1v) is 8.90. The summed E-state index contributed by atoms with van der Waals surface area (Å²) in [5.41, 5.74) is 1.79. The smallest absolute Gasteiger partial charge is 0.243 e. The van der Waals surface area contributed by atoms with E-state index in [4.69, 9.17) is 0 Å². The lowest BCUT2D eigenvalue weighted by molar-refractivity contribution is 0.422. The molecule has 0 amide bonds. The minimum atomic E-state index is -3.98. The average Bonchev–Trinajstić information content (AvgIpc) is 2.51. The van der Waals surface area contributed by atoms with Gasteiger partial charge in [-0.2, -0.15) is 4.31 Å². The van der Waals surface area contributed by atoms with Crippen LogP contribution in [0.25, 0.3) is 0 Å². The Labute approximate surface area is 141 Å². The maximum atomic E-state index is 13.3. The van der Waals surface area contributed by atoms with Gasteiger partial charge in [0.15, 0.2) is 0 Å². The summed E-state index contributed by atoms with van der Waals surface area (Å²) in [6, 6.07) is 9.75. The van der Waals surface area contributed by atoms with Gasteiger partial charge in [-0.25, -0.2) is 17.2 Å². The zero-order valence-electron chi connectivity index (χ0n) is 13.8. The summed E-state index contributed by atoms with van der Waals surface area (Å²) in [7, 11) is -0.152. The molecule has 0 saturated heterocycles. The van der Waals surface area contributed by atoms with Crippen molar-refractivity contribution in [2.45, 2.75) is 18.4 Å². The van der Waals surface area contributed by atoms with Gasteiger partial charge in [0.25, 0.3) is 0 Å². The minimum Gasteiger partial charge on any atom is -0.378 e. The van der Waals surface area contributed by atoms with E-state index in [9.17, 15) is 17.2 Å². The molecule has 2 aromatic carbocycles. The molecule has 0 heterocycles. The zero-order valence-corrected chi connectivity index (χ0v) is 14.6. The predicted molar refractivity (Wildman–Crippen MR) is 90.4 cm³/mol. The molecular weight excluding hydrogens is 334 g/mol. The van der Waals surface area contributed by atoms with E-state index in [2.05, 4.69) is 0 Å². The highest BCUT2D eigenvalue weighted by Crippen LogP contribution is 2.21. The highest BCUT2D eigenvalue weighted by Gasteiger charge is 2.24. The summed E-state index contributed by atoms with van der Waals surface area (Å²) in [4.78, 5) is 1.56. The van der Waals surface area contributed by atoms with Gasteiger partial charge >= 0.3 is 0 Å². The van der Waals surface area contributed by atoms with Gasteiger partial charge in [0.1, 0.15) is 11.6 Å². The molecule has 7 heteroatoms. The van der Waals surface area contributed by atoms with Crippen LogP contribution in [-0.2, 0) is 16.6 Å². The lowest BCUT2D eigenvalue weighted by atomic mass is 10.2. The Hall–Kier alpha value is -1.99. The Morgan fingerprint density at radius 3 is 1.96 bits per heavy atom. The SMILES string of the molecule is CCN(Cc1ccc(N(C)C)cc1)S(=O)(=O)c1cc(F)cc(F)c1. The van der Waals surface area contributed by atoms with Gasteiger partial charge in [-0.15, -0.1) is 0 Å². The molecule has 0 bridgehead atoms. The molecule has 0 aliphatic carbocycles. The molecule has 130 valence electrons. The zero-order chi connectivity index (χ0) is 17.9. The normalized spacial score (nSPS) is 11.8. The van der Waals surface area contributed by atoms with Gasteiger partial charge < -0.3 is 4.90 Å². The third-order valence-electron chi connectivity index (χ3n) is 3.64. The second kappa shape index (κ2) is 7.27. The molecule has 0 atom stereocenters. The fourth-order valence-corrected chi connectivity index (χ4v) is 3.78. The van der Waals surface area contributed by atoms with E-state index in [1.807, 2.05) is 43.3 Å². The van der Waals surface area contributed by atoms with Crippen LogP contribution in [0.4, 0.5) is 14.5 Å². The van der Waals surface area contributed by atoms with Crippen molar-refractivity contribution in [2.24, 2.45) is 0 Å². The summed E-state index contributed by atoms with van der Waals surface area (Å²) in [6.45, 7) is 2.00. The van der Waals surface area contributed by atoms with Crippen molar-refractivity contribution < 1.29 is 17.2 Å². The number of sulfonamides is 1. The standard InChI is InChI=1S/C17H20F2N2O2S/c1-4-21(12-13-5-7-16(8-6-13)20(2)3)24(22,23)17-10-14(18)9-15(19)11-17/h5-11H,4,12H2,1-3H3. The molecule has 0 aromatic heterocycles. The van der Waals surface area contributed by atoms with Crippen LogP contribution in [0.3, 0.4) is 0 Å². The van der Waals surface area contributed by atoms with Crippen LogP contribution in [0.5, 0.6) is 0 Å². The summed E-state index contributed by atoms with van der Waals surface area (Å²) < 4.78 is 53.1. The molecule has 0 radical (unpaired) electrons. The third-order valence-corrected chi connectivity index (χ3v) is 5.54. The van der Waals surface area contributed by atoms with Gasteiger partial charge in [-0.1, -0.05) is 19.1 Å². The van der Waals surface area contributed by atoms with Crippen molar-refractivity contribution in [3.8, 4) is 0 Å². The predicted octanol–water partition coefficient (Wildman–Crippen LogP) is 3.24. The Kier molecular flexibility index (Phi) is 5.56. The second-order valence-electron chi connectivity index (χ2n) is 5.60. The molecule has 0 aliphatic heterocycles. The van der Waals surface area contributed by atoms with Crippen LogP contribution in [0.2, 0.25) is 0 Å². The average molecular weight is 354 g/mol. The van der Waals surface area contributed by atoms with Crippen LogP contribution in [0.1, 0.15) is 12.5 Å². The molecule has 24 heavy (non-hydrogen) atoms. The van der Waals surface area contributed by atoms with Crippen molar-refractivity contribution in [1.29, 1.82) is 0 Å². The van der Waals surface area contributed by atoms with Crippen LogP contribution in [-0.4, -0.2) is 33.4 Å². The van der Waals surface area contributed by atoms with E-state index in [0.29, 0.717) is 6.07 Å². The summed E-state index contributed by atoms with van der Waals surface area (Å²) in [5, 5.41) is 0. The molecule has 0 aliphatic rings. The number of nitrogens with zero attached hydrogens (tertiary/aromatic N) is 2. The van der Waals surface area contributed by atoms with E-state index in [-0.39, 0.29) is 18.0 Å². The topological polar surface area (TPSA) is 40.6 Å². The first-order valence-electron chi connectivity index (χ1n) is 7.46. The van der Waals surface area contributed by atoms with E-state index < -0.39 is 21.7 Å². The van der Waals surface area contributed by atoms with E-state index in [1.54, 1.807) is 6.92 Å². The fourth-order valence-electron chi connectivity index (χ4n) is 2.30. The van der Waals surface area contributed by atoms with Gasteiger partial charge in [-0.3, -0.25) is 0 Å². The van der Waals surface area contributed by atoms with E-state index in [1.165, 1.54) is 4.31 Å². The summed E-state index contributed by atoms with van der Waals surface area (Å²) in [5.74, 6) is -1.83. The minimum absolute atomic E-state index is 0.130. The van der Waals surface area contributed by atoms with Crippen molar-refractivity contribution in [1.82, 2.24) is 4.31 Å². The molecule has 0 fully saturated rings. The monoisotopic (exact) mass is 354 g/mol. The van der Waals surface area contributed by atoms with Crippen molar-refractivity contribution >= 4 is 15.7 Å². The number of hydrogen-bond acceptors (Lipinski definition) is 3. The molecule has 0 spiro atoms. The number of anilines is 1. The first-order chi connectivity index (χ1) is 11.2. The second-order valence-corrected chi connectivity index (χ2v) is 7.54. The fraction of sp³-hybridized carbons (Fsp3) is 0.294. The highest BCUT2D eigenvalue weighted by molar-refractivity contribution is 7.89. The Balaban J connectivity index is 2.29. The lowest BCUT2D eigenvalue weighted by Gasteiger charge is -2.21.